The summed E-state index contributed by atoms with van der Waals surface area (Å²) in [4.78, 5) is 0. The maximum Gasteiger partial charge on any atom is 0.119 e. The summed E-state index contributed by atoms with van der Waals surface area (Å²) in [6.45, 7) is 2.22. The fourth-order valence-corrected chi connectivity index (χ4v) is 3.14. The van der Waals surface area contributed by atoms with Crippen LogP contribution in [0.5, 0.6) is 5.75 Å². The molecule has 0 heterocycles. The van der Waals surface area contributed by atoms with Crippen LogP contribution in [0, 0.1) is 0 Å². The highest BCUT2D eigenvalue weighted by molar-refractivity contribution is 5.48. The molecule has 0 aliphatic rings. The minimum atomic E-state index is 0.228. The fourth-order valence-electron chi connectivity index (χ4n) is 3.14. The molecule has 0 saturated heterocycles. The molecule has 3 aromatic carbocycles. The molecule has 0 amide bonds. The molecule has 0 saturated carbocycles. The Morgan fingerprint density at radius 3 is 2.15 bits per heavy atom. The van der Waals surface area contributed by atoms with Gasteiger partial charge in [0.05, 0.1) is 13.2 Å². The first-order chi connectivity index (χ1) is 13.2. The Balaban J connectivity index is 1.73. The number of benzene rings is 3. The standard InChI is InChI=1S/C25H27NO/c1-20(13-14-21-9-5-3-6-10-21)19-25(22-11-7-4-8-12-22)26-23-15-17-24(27-2)18-16-23/h3-13,15-18,25-26H,14,19H2,1-2H3/b20-13+. The molecule has 0 radical (unpaired) electrons. The molecule has 27 heavy (non-hydrogen) atoms. The van der Waals surface area contributed by atoms with E-state index in [-0.39, 0.29) is 6.04 Å². The van der Waals surface area contributed by atoms with Gasteiger partial charge in [0, 0.05) is 5.69 Å². The van der Waals surface area contributed by atoms with Gasteiger partial charge < -0.3 is 10.1 Å². The Hall–Kier alpha value is -3.00. The van der Waals surface area contributed by atoms with Crippen LogP contribution in [0.25, 0.3) is 0 Å². The molecule has 0 bridgehead atoms. The molecule has 1 N–H and O–H groups in total. The van der Waals surface area contributed by atoms with Gasteiger partial charge in [-0.1, -0.05) is 72.3 Å². The summed E-state index contributed by atoms with van der Waals surface area (Å²) in [5, 5.41) is 3.68. The van der Waals surface area contributed by atoms with Gasteiger partial charge in [-0.3, -0.25) is 0 Å². The molecule has 0 fully saturated rings. The van der Waals surface area contributed by atoms with E-state index in [1.165, 1.54) is 16.7 Å². The minimum absolute atomic E-state index is 0.228. The van der Waals surface area contributed by atoms with Crippen LogP contribution in [0.15, 0.2) is 96.6 Å². The number of hydrogen-bond acceptors (Lipinski definition) is 2. The first kappa shape index (κ1) is 18.8. The molecule has 2 heteroatoms. The summed E-state index contributed by atoms with van der Waals surface area (Å²) >= 11 is 0. The Kier molecular flexibility index (Phi) is 6.70. The van der Waals surface area contributed by atoms with E-state index >= 15 is 0 Å². The largest absolute Gasteiger partial charge is 0.497 e. The van der Waals surface area contributed by atoms with Gasteiger partial charge in [0.1, 0.15) is 5.75 Å². The SMILES string of the molecule is COc1ccc(NC(C/C(C)=C/Cc2ccccc2)c2ccccc2)cc1. The van der Waals surface area contributed by atoms with Crippen LogP contribution in [0.3, 0.4) is 0 Å². The third kappa shape index (κ3) is 5.75. The smallest absolute Gasteiger partial charge is 0.119 e. The topological polar surface area (TPSA) is 21.3 Å². The molecule has 0 spiro atoms. The van der Waals surface area contributed by atoms with Crippen LogP contribution in [-0.2, 0) is 6.42 Å². The highest BCUT2D eigenvalue weighted by Crippen LogP contribution is 2.27. The number of rotatable bonds is 8. The van der Waals surface area contributed by atoms with Gasteiger partial charge in [0.15, 0.2) is 0 Å². The number of methoxy groups -OCH3 is 1. The molecule has 1 atom stereocenters. The fraction of sp³-hybridized carbons (Fsp3) is 0.200. The molecule has 2 nitrogen and oxygen atoms in total. The summed E-state index contributed by atoms with van der Waals surface area (Å²) in [7, 11) is 1.69. The van der Waals surface area contributed by atoms with Crippen molar-refractivity contribution in [1.82, 2.24) is 0 Å². The van der Waals surface area contributed by atoms with Crippen molar-refractivity contribution in [2.24, 2.45) is 0 Å². The number of anilines is 1. The summed E-state index contributed by atoms with van der Waals surface area (Å²) in [6.07, 6.45) is 4.26. The van der Waals surface area contributed by atoms with Gasteiger partial charge >= 0.3 is 0 Å². The Labute approximate surface area is 162 Å². The number of nitrogens with one attached hydrogen (secondary N) is 1. The van der Waals surface area contributed by atoms with E-state index in [4.69, 9.17) is 4.74 Å². The van der Waals surface area contributed by atoms with E-state index in [0.717, 1.165) is 24.3 Å². The number of allylic oxidation sites excluding steroid dienone is 1. The van der Waals surface area contributed by atoms with Gasteiger partial charge in [-0.05, 0) is 55.2 Å². The molecule has 138 valence electrons. The molecule has 3 rings (SSSR count). The summed E-state index contributed by atoms with van der Waals surface area (Å²) in [5.41, 5.74) is 5.12. The summed E-state index contributed by atoms with van der Waals surface area (Å²) in [6, 6.07) is 29.6. The zero-order chi connectivity index (χ0) is 18.9. The van der Waals surface area contributed by atoms with E-state index in [9.17, 15) is 0 Å². The first-order valence-electron chi connectivity index (χ1n) is 9.39. The van der Waals surface area contributed by atoms with Crippen molar-refractivity contribution in [2.45, 2.75) is 25.8 Å². The second-order valence-electron chi connectivity index (χ2n) is 6.78. The van der Waals surface area contributed by atoms with Crippen molar-refractivity contribution >= 4 is 5.69 Å². The van der Waals surface area contributed by atoms with Crippen molar-refractivity contribution in [3.05, 3.63) is 108 Å². The van der Waals surface area contributed by atoms with Crippen LogP contribution in [0.1, 0.15) is 30.5 Å². The van der Waals surface area contributed by atoms with Crippen LogP contribution in [0.2, 0.25) is 0 Å². The maximum absolute atomic E-state index is 5.26. The molecular formula is C25H27NO. The van der Waals surface area contributed by atoms with Gasteiger partial charge in [0.2, 0.25) is 0 Å². The second kappa shape index (κ2) is 9.63. The van der Waals surface area contributed by atoms with E-state index in [1.54, 1.807) is 7.11 Å². The molecule has 1 unspecified atom stereocenters. The van der Waals surface area contributed by atoms with E-state index < -0.39 is 0 Å². The lowest BCUT2D eigenvalue weighted by molar-refractivity contribution is 0.415. The zero-order valence-corrected chi connectivity index (χ0v) is 16.1. The molecule has 0 aliphatic heterocycles. The highest BCUT2D eigenvalue weighted by Gasteiger charge is 2.12. The Bertz CT molecular complexity index is 839. The average molecular weight is 357 g/mol. The third-order valence-electron chi connectivity index (χ3n) is 4.69. The molecule has 0 aliphatic carbocycles. The van der Waals surface area contributed by atoms with Crippen molar-refractivity contribution in [3.63, 3.8) is 0 Å². The van der Waals surface area contributed by atoms with Crippen LogP contribution in [-0.4, -0.2) is 7.11 Å². The van der Waals surface area contributed by atoms with E-state index in [1.807, 2.05) is 12.1 Å². The monoisotopic (exact) mass is 357 g/mol. The van der Waals surface area contributed by atoms with Gasteiger partial charge in [-0.25, -0.2) is 0 Å². The predicted molar refractivity (Wildman–Crippen MR) is 114 cm³/mol. The summed E-state index contributed by atoms with van der Waals surface area (Å²) in [5.74, 6) is 0.871. The highest BCUT2D eigenvalue weighted by atomic mass is 16.5. The number of hydrogen-bond donors (Lipinski definition) is 1. The lowest BCUT2D eigenvalue weighted by Gasteiger charge is -2.21. The van der Waals surface area contributed by atoms with Crippen molar-refractivity contribution in [2.75, 3.05) is 12.4 Å². The quantitative estimate of drug-likeness (QED) is 0.469. The van der Waals surface area contributed by atoms with Gasteiger partial charge in [-0.15, -0.1) is 0 Å². The molecule has 0 aromatic heterocycles. The van der Waals surface area contributed by atoms with E-state index in [2.05, 4.69) is 91.1 Å². The summed E-state index contributed by atoms with van der Waals surface area (Å²) < 4.78 is 5.26. The van der Waals surface area contributed by atoms with Gasteiger partial charge in [-0.2, -0.15) is 0 Å². The number of ether oxygens (including phenoxy) is 1. The normalized spacial score (nSPS) is 12.4. The van der Waals surface area contributed by atoms with Crippen molar-refractivity contribution < 1.29 is 4.74 Å². The van der Waals surface area contributed by atoms with Gasteiger partial charge in [0.25, 0.3) is 0 Å². The van der Waals surface area contributed by atoms with Crippen LogP contribution < -0.4 is 10.1 Å². The molecular weight excluding hydrogens is 330 g/mol. The lowest BCUT2D eigenvalue weighted by Crippen LogP contribution is -2.11. The van der Waals surface area contributed by atoms with Crippen LogP contribution >= 0.6 is 0 Å². The Morgan fingerprint density at radius 2 is 1.52 bits per heavy atom. The maximum atomic E-state index is 5.26. The Morgan fingerprint density at radius 1 is 0.889 bits per heavy atom. The third-order valence-corrected chi connectivity index (χ3v) is 4.69. The molecule has 3 aromatic rings. The van der Waals surface area contributed by atoms with Crippen molar-refractivity contribution in [3.8, 4) is 5.75 Å². The minimum Gasteiger partial charge on any atom is -0.497 e. The second-order valence-corrected chi connectivity index (χ2v) is 6.78. The lowest BCUT2D eigenvalue weighted by atomic mass is 9.98. The average Bonchev–Trinajstić information content (AvgIpc) is 2.74. The van der Waals surface area contributed by atoms with Crippen LogP contribution in [0.4, 0.5) is 5.69 Å². The van der Waals surface area contributed by atoms with E-state index in [0.29, 0.717) is 0 Å². The first-order valence-corrected chi connectivity index (χ1v) is 9.39. The van der Waals surface area contributed by atoms with Crippen molar-refractivity contribution in [1.29, 1.82) is 0 Å². The predicted octanol–water partition coefficient (Wildman–Crippen LogP) is 6.43. The zero-order valence-electron chi connectivity index (χ0n) is 16.1.